The molecule has 0 aliphatic carbocycles. The number of hydrogen-bond donors (Lipinski definition) is 2. The highest BCUT2D eigenvalue weighted by Crippen LogP contribution is 2.29. The first-order valence-corrected chi connectivity index (χ1v) is 8.38. The molecule has 3 aromatic rings. The molecule has 0 aliphatic rings. The molecule has 0 saturated carbocycles. The molecule has 0 bridgehead atoms. The van der Waals surface area contributed by atoms with Crippen LogP contribution in [-0.2, 0) is 0 Å². The van der Waals surface area contributed by atoms with E-state index in [1.54, 1.807) is 24.4 Å². The Morgan fingerprint density at radius 2 is 1.73 bits per heavy atom. The molecule has 3 N–H and O–H groups in total. The molecular formula is C18H14N4O3S. The Balaban J connectivity index is 1.65. The minimum atomic E-state index is -0.505. The second kappa shape index (κ2) is 7.66. The van der Waals surface area contributed by atoms with Crippen molar-refractivity contribution >= 4 is 34.9 Å². The summed E-state index contributed by atoms with van der Waals surface area (Å²) < 4.78 is 0. The van der Waals surface area contributed by atoms with E-state index in [-0.39, 0.29) is 11.6 Å². The van der Waals surface area contributed by atoms with Gasteiger partial charge in [-0.1, -0.05) is 11.8 Å². The number of rotatable bonds is 5. The zero-order chi connectivity index (χ0) is 18.5. The maximum atomic E-state index is 12.2. The van der Waals surface area contributed by atoms with Gasteiger partial charge in [0.1, 0.15) is 5.82 Å². The Morgan fingerprint density at radius 3 is 2.35 bits per heavy atom. The molecule has 7 nitrogen and oxygen atoms in total. The van der Waals surface area contributed by atoms with Gasteiger partial charge in [-0.25, -0.2) is 4.98 Å². The fraction of sp³-hybridized carbons (Fsp3) is 0. The summed E-state index contributed by atoms with van der Waals surface area (Å²) in [5.41, 5.74) is 6.59. The number of anilines is 2. The van der Waals surface area contributed by atoms with E-state index >= 15 is 0 Å². The highest BCUT2D eigenvalue weighted by molar-refractivity contribution is 7.99. The van der Waals surface area contributed by atoms with Gasteiger partial charge in [-0.05, 0) is 48.5 Å². The molecule has 26 heavy (non-hydrogen) atoms. The topological polar surface area (TPSA) is 111 Å². The van der Waals surface area contributed by atoms with Crippen molar-refractivity contribution < 1.29 is 9.72 Å². The van der Waals surface area contributed by atoms with Crippen LogP contribution in [0.2, 0.25) is 0 Å². The molecule has 8 heteroatoms. The van der Waals surface area contributed by atoms with Gasteiger partial charge in [0.25, 0.3) is 11.6 Å². The normalized spacial score (nSPS) is 10.3. The van der Waals surface area contributed by atoms with Crippen molar-refractivity contribution in [1.82, 2.24) is 4.98 Å². The third-order valence-electron chi connectivity index (χ3n) is 3.44. The number of nitrogen functional groups attached to an aromatic ring is 1. The number of nitrogens with two attached hydrogens (primary N) is 1. The predicted octanol–water partition coefficient (Wildman–Crippen LogP) is 3.98. The van der Waals surface area contributed by atoms with Crippen molar-refractivity contribution in [3.05, 3.63) is 82.5 Å². The molecular weight excluding hydrogens is 352 g/mol. The summed E-state index contributed by atoms with van der Waals surface area (Å²) in [6.45, 7) is 0. The highest BCUT2D eigenvalue weighted by atomic mass is 32.2. The maximum absolute atomic E-state index is 12.2. The Kier molecular flexibility index (Phi) is 5.14. The van der Waals surface area contributed by atoms with Crippen LogP contribution in [0.4, 0.5) is 17.2 Å². The van der Waals surface area contributed by atoms with Crippen LogP contribution in [0, 0.1) is 10.1 Å². The molecule has 0 fully saturated rings. The van der Waals surface area contributed by atoms with Gasteiger partial charge >= 0.3 is 0 Å². The van der Waals surface area contributed by atoms with E-state index < -0.39 is 4.92 Å². The molecule has 0 saturated heterocycles. The molecule has 0 atom stereocenters. The highest BCUT2D eigenvalue weighted by Gasteiger charge is 2.10. The van der Waals surface area contributed by atoms with Gasteiger partial charge in [0.2, 0.25) is 0 Å². The SMILES string of the molecule is Nc1cc(Sc2ccc(NC(=O)c3ccc([N+](=O)[O-])cc3)cc2)ccn1. The van der Waals surface area contributed by atoms with Crippen molar-refractivity contribution in [3.63, 3.8) is 0 Å². The first-order valence-electron chi connectivity index (χ1n) is 7.56. The molecule has 3 rings (SSSR count). The van der Waals surface area contributed by atoms with Gasteiger partial charge < -0.3 is 11.1 Å². The number of pyridine rings is 1. The van der Waals surface area contributed by atoms with Gasteiger partial charge in [-0.15, -0.1) is 0 Å². The number of carbonyl (C=O) groups excluding carboxylic acids is 1. The van der Waals surface area contributed by atoms with E-state index in [0.29, 0.717) is 17.1 Å². The molecule has 0 unspecified atom stereocenters. The number of nitro benzene ring substituents is 1. The first-order chi connectivity index (χ1) is 12.5. The fourth-order valence-corrected chi connectivity index (χ4v) is 3.02. The lowest BCUT2D eigenvalue weighted by atomic mass is 10.2. The third kappa shape index (κ3) is 4.37. The standard InChI is InChI=1S/C18H14N4O3S/c19-17-11-16(9-10-20-17)26-15-7-3-13(4-8-15)21-18(23)12-1-5-14(6-2-12)22(24)25/h1-11H,(H2,19,20)(H,21,23). The molecule has 1 amide bonds. The lowest BCUT2D eigenvalue weighted by Crippen LogP contribution is -2.11. The minimum absolute atomic E-state index is 0.0559. The van der Waals surface area contributed by atoms with E-state index in [1.165, 1.54) is 36.0 Å². The maximum Gasteiger partial charge on any atom is 0.269 e. The van der Waals surface area contributed by atoms with Crippen LogP contribution in [0.3, 0.4) is 0 Å². The lowest BCUT2D eigenvalue weighted by molar-refractivity contribution is -0.384. The van der Waals surface area contributed by atoms with E-state index in [4.69, 9.17) is 5.73 Å². The fourth-order valence-electron chi connectivity index (χ4n) is 2.17. The Morgan fingerprint density at radius 1 is 1.04 bits per heavy atom. The average Bonchev–Trinajstić information content (AvgIpc) is 2.63. The van der Waals surface area contributed by atoms with Gasteiger partial charge in [0.15, 0.2) is 0 Å². The Hall–Kier alpha value is -3.39. The van der Waals surface area contributed by atoms with Gasteiger partial charge in [-0.3, -0.25) is 14.9 Å². The molecule has 130 valence electrons. The van der Waals surface area contributed by atoms with E-state index in [1.807, 2.05) is 18.2 Å². The number of non-ortho nitro benzene ring substituents is 1. The summed E-state index contributed by atoms with van der Waals surface area (Å²) in [6, 6.07) is 16.4. The van der Waals surface area contributed by atoms with Crippen LogP contribution < -0.4 is 11.1 Å². The van der Waals surface area contributed by atoms with Crippen LogP contribution >= 0.6 is 11.8 Å². The van der Waals surface area contributed by atoms with Crippen molar-refractivity contribution in [1.29, 1.82) is 0 Å². The summed E-state index contributed by atoms with van der Waals surface area (Å²) in [6.07, 6.45) is 1.65. The zero-order valence-corrected chi connectivity index (χ0v) is 14.3. The largest absolute Gasteiger partial charge is 0.384 e. The van der Waals surface area contributed by atoms with Crippen molar-refractivity contribution in [2.75, 3.05) is 11.1 Å². The third-order valence-corrected chi connectivity index (χ3v) is 4.44. The summed E-state index contributed by atoms with van der Waals surface area (Å²) in [7, 11) is 0. The van der Waals surface area contributed by atoms with Gasteiger partial charge in [0, 0.05) is 39.4 Å². The van der Waals surface area contributed by atoms with Crippen LogP contribution in [0.25, 0.3) is 0 Å². The molecule has 1 heterocycles. The second-order valence-electron chi connectivity index (χ2n) is 5.30. The van der Waals surface area contributed by atoms with E-state index in [0.717, 1.165) is 9.79 Å². The molecule has 0 spiro atoms. The van der Waals surface area contributed by atoms with Crippen LogP contribution in [0.15, 0.2) is 76.7 Å². The van der Waals surface area contributed by atoms with Crippen LogP contribution in [-0.4, -0.2) is 15.8 Å². The smallest absolute Gasteiger partial charge is 0.269 e. The number of carbonyl (C=O) groups is 1. The summed E-state index contributed by atoms with van der Waals surface area (Å²) in [5.74, 6) is 0.129. The monoisotopic (exact) mass is 366 g/mol. The van der Waals surface area contributed by atoms with E-state index in [9.17, 15) is 14.9 Å². The number of benzene rings is 2. The van der Waals surface area contributed by atoms with Crippen LogP contribution in [0.5, 0.6) is 0 Å². The molecule has 2 aromatic carbocycles. The van der Waals surface area contributed by atoms with Crippen molar-refractivity contribution in [3.8, 4) is 0 Å². The Bertz CT molecular complexity index is 943. The van der Waals surface area contributed by atoms with Crippen molar-refractivity contribution in [2.24, 2.45) is 0 Å². The van der Waals surface area contributed by atoms with Gasteiger partial charge in [0.05, 0.1) is 4.92 Å². The second-order valence-corrected chi connectivity index (χ2v) is 6.45. The number of nitro groups is 1. The molecule has 1 aromatic heterocycles. The average molecular weight is 366 g/mol. The molecule has 0 aliphatic heterocycles. The zero-order valence-electron chi connectivity index (χ0n) is 13.5. The lowest BCUT2D eigenvalue weighted by Gasteiger charge is -2.07. The predicted molar refractivity (Wildman–Crippen MR) is 100 cm³/mol. The number of hydrogen-bond acceptors (Lipinski definition) is 6. The number of amides is 1. The Labute approximate surface area is 153 Å². The summed E-state index contributed by atoms with van der Waals surface area (Å²) >= 11 is 1.53. The summed E-state index contributed by atoms with van der Waals surface area (Å²) in [5, 5.41) is 13.4. The minimum Gasteiger partial charge on any atom is -0.384 e. The number of nitrogens with zero attached hydrogens (tertiary/aromatic N) is 2. The van der Waals surface area contributed by atoms with E-state index in [2.05, 4.69) is 10.3 Å². The molecule has 0 radical (unpaired) electrons. The summed E-state index contributed by atoms with van der Waals surface area (Å²) in [4.78, 5) is 28.3. The van der Waals surface area contributed by atoms with Gasteiger partial charge in [-0.2, -0.15) is 0 Å². The van der Waals surface area contributed by atoms with Crippen molar-refractivity contribution in [2.45, 2.75) is 9.79 Å². The quantitative estimate of drug-likeness (QED) is 0.522. The van der Waals surface area contributed by atoms with Crippen LogP contribution in [0.1, 0.15) is 10.4 Å². The number of aromatic nitrogens is 1. The number of nitrogens with one attached hydrogen (secondary N) is 1. The first kappa shape index (κ1) is 17.4.